The Kier molecular flexibility index (Phi) is 10.9. The molecule has 0 atom stereocenters. The largest absolute Gasteiger partial charge is 0.850 e. The second kappa shape index (κ2) is 10.5. The van der Waals surface area contributed by atoms with Crippen molar-refractivity contribution >= 4 is 33.7 Å². The van der Waals surface area contributed by atoms with Crippen LogP contribution in [0.4, 0.5) is 0 Å². The van der Waals surface area contributed by atoms with E-state index in [0.29, 0.717) is 0 Å². The number of hydrogen-bond donors (Lipinski definition) is 1. The summed E-state index contributed by atoms with van der Waals surface area (Å²) in [5.41, 5.74) is 2.37. The summed E-state index contributed by atoms with van der Waals surface area (Å²) in [4.78, 5) is 22.3. The van der Waals surface area contributed by atoms with Crippen LogP contribution in [0, 0.1) is 0 Å². The molecule has 20 heavy (non-hydrogen) atoms. The first-order chi connectivity index (χ1) is 9.29. The first kappa shape index (κ1) is 20.8. The Balaban J connectivity index is 0.000000621. The summed E-state index contributed by atoms with van der Waals surface area (Å²) in [6, 6.07) is 11.0. The molecule has 7 heteroatoms. The molecule has 0 aliphatic carbocycles. The van der Waals surface area contributed by atoms with E-state index in [2.05, 4.69) is 68.2 Å². The van der Waals surface area contributed by atoms with Crippen LogP contribution < -0.4 is 19.5 Å². The molecule has 0 aromatic heterocycles. The van der Waals surface area contributed by atoms with Crippen molar-refractivity contribution < 1.29 is 25.8 Å². The van der Waals surface area contributed by atoms with Gasteiger partial charge in [0.25, 0.3) is 0 Å². The van der Waals surface area contributed by atoms with E-state index in [1.165, 1.54) is 22.5 Å². The maximum atomic E-state index is 9.29. The van der Waals surface area contributed by atoms with Crippen molar-refractivity contribution in [2.75, 3.05) is 4.93 Å². The van der Waals surface area contributed by atoms with E-state index >= 15 is 0 Å². The smallest absolute Gasteiger partial charge is 0.160 e. The van der Waals surface area contributed by atoms with E-state index in [1.54, 1.807) is 3.95 Å². The molecule has 0 aliphatic rings. The minimum Gasteiger partial charge on any atom is -0.850 e. The van der Waals surface area contributed by atoms with Crippen molar-refractivity contribution in [1.82, 2.24) is 0 Å². The molecule has 0 amide bonds. The Labute approximate surface area is 136 Å². The molecule has 0 unspecified atom stereocenters. The Bertz CT molecular complexity index is 400. The molecule has 0 aliphatic heterocycles. The zero-order valence-corrected chi connectivity index (χ0v) is 16.5. The van der Waals surface area contributed by atoms with Crippen LogP contribution in [0.15, 0.2) is 30.3 Å². The molecular formula is C13H23MoNO2PS2. The molecule has 0 bridgehead atoms. The van der Waals surface area contributed by atoms with Gasteiger partial charge in [0.05, 0.1) is 0 Å². The van der Waals surface area contributed by atoms with Gasteiger partial charge in [0, 0.05) is 0 Å². The number of nitrogens with two attached hydrogens (primary N) is 1. The molecule has 0 heterocycles. The standard InChI is InChI=1S/C6H5.2C3H7.CH4N.Mo.H3O2PS2/c1-2-4-6-5-3-1;2*1-3-2;1-2;;1-3(2,4)5/h1-5H;2*1,3H2,2H3;1-2H2;;(H3,1,2,4,5)/q;;;;+3;/p-3. The van der Waals surface area contributed by atoms with Gasteiger partial charge < -0.3 is 27.7 Å². The van der Waals surface area contributed by atoms with E-state index in [0.717, 1.165) is 4.93 Å². The summed E-state index contributed by atoms with van der Waals surface area (Å²) in [6.07, 6.45) is 2.57. The minimum absolute atomic E-state index is 0.953. The number of benzene rings is 1. The van der Waals surface area contributed by atoms with E-state index < -0.39 is 21.8 Å². The van der Waals surface area contributed by atoms with Gasteiger partial charge in [0.2, 0.25) is 0 Å². The van der Waals surface area contributed by atoms with Gasteiger partial charge >= 0.3 is 97.3 Å². The van der Waals surface area contributed by atoms with Gasteiger partial charge in [-0.2, -0.15) is 11.8 Å². The van der Waals surface area contributed by atoms with Gasteiger partial charge in [-0.3, -0.25) is 0 Å². The molecule has 1 aromatic carbocycles. The third-order valence-electron chi connectivity index (χ3n) is 2.75. The predicted octanol–water partition coefficient (Wildman–Crippen LogP) is 1.52. The SMILES string of the molecule is CC[CH2][Mo+3]([CH2]N)([CH2]CC)[c]1ccccc1.[O-]P([O-])(=S)[S-]. The summed E-state index contributed by atoms with van der Waals surface area (Å²) in [6.45, 7) is 4.57. The van der Waals surface area contributed by atoms with Gasteiger partial charge in [0.1, 0.15) is 0 Å². The Morgan fingerprint density at radius 3 is 1.85 bits per heavy atom. The molecule has 0 saturated heterocycles. The van der Waals surface area contributed by atoms with Crippen LogP contribution in [0.5, 0.6) is 0 Å². The van der Waals surface area contributed by atoms with Crippen LogP contribution in [0.2, 0.25) is 9.62 Å². The fourth-order valence-electron chi connectivity index (χ4n) is 2.09. The molecule has 0 fully saturated rings. The summed E-state index contributed by atoms with van der Waals surface area (Å²) < 4.78 is 1.60. The molecular weight excluding hydrogens is 393 g/mol. The third kappa shape index (κ3) is 8.94. The van der Waals surface area contributed by atoms with Gasteiger partial charge in [0.15, 0.2) is 0 Å². The predicted molar refractivity (Wildman–Crippen MR) is 87.0 cm³/mol. The summed E-state index contributed by atoms with van der Waals surface area (Å²) in [7, 11) is 0. The summed E-state index contributed by atoms with van der Waals surface area (Å²) in [5.74, 6) is 0. The Hall–Kier alpha value is 0.788. The van der Waals surface area contributed by atoms with Crippen LogP contribution in [0.3, 0.4) is 0 Å². The zero-order valence-electron chi connectivity index (χ0n) is 12.0. The second-order valence-electron chi connectivity index (χ2n) is 4.38. The van der Waals surface area contributed by atoms with Crippen molar-refractivity contribution in [1.29, 1.82) is 0 Å². The van der Waals surface area contributed by atoms with Crippen molar-refractivity contribution in [3.63, 3.8) is 0 Å². The van der Waals surface area contributed by atoms with Gasteiger partial charge in [-0.1, -0.05) is 0 Å². The molecule has 2 N–H and O–H groups in total. The zero-order chi connectivity index (χ0) is 15.6. The maximum Gasteiger partial charge on any atom is -0.160 e. The van der Waals surface area contributed by atoms with Crippen LogP contribution in [0.25, 0.3) is 0 Å². The normalized spacial score (nSPS) is 11.7. The van der Waals surface area contributed by atoms with E-state index in [1.807, 2.05) is 0 Å². The average Bonchev–Trinajstić information content (AvgIpc) is 2.37. The van der Waals surface area contributed by atoms with Crippen LogP contribution in [0.1, 0.15) is 26.7 Å². The third-order valence-corrected chi connectivity index (χ3v) is 13.3. The van der Waals surface area contributed by atoms with Gasteiger partial charge in [-0.15, -0.1) is 0 Å². The topological polar surface area (TPSA) is 72.1 Å². The van der Waals surface area contributed by atoms with E-state index in [-0.39, 0.29) is 0 Å². The monoisotopic (exact) mass is 418 g/mol. The van der Waals surface area contributed by atoms with E-state index in [9.17, 15) is 9.79 Å². The van der Waals surface area contributed by atoms with Crippen molar-refractivity contribution in [2.24, 2.45) is 5.73 Å². The maximum absolute atomic E-state index is 9.29. The fraction of sp³-hybridized carbons (Fsp3) is 0.538. The summed E-state index contributed by atoms with van der Waals surface area (Å²) in [5, 5.41) is 0. The molecule has 0 saturated carbocycles. The molecule has 0 spiro atoms. The molecule has 0 radical (unpaired) electrons. The number of hydrogen-bond acceptors (Lipinski definition) is 5. The number of rotatable bonds is 6. The van der Waals surface area contributed by atoms with Crippen molar-refractivity contribution in [3.05, 3.63) is 30.3 Å². The van der Waals surface area contributed by atoms with Crippen LogP contribution >= 0.6 is 5.69 Å². The first-order valence-corrected chi connectivity index (χ1v) is 15.4. The second-order valence-corrected chi connectivity index (χ2v) is 18.0. The Morgan fingerprint density at radius 1 is 1.15 bits per heavy atom. The van der Waals surface area contributed by atoms with Crippen molar-refractivity contribution in [3.8, 4) is 0 Å². The van der Waals surface area contributed by atoms with E-state index in [4.69, 9.17) is 5.73 Å². The Morgan fingerprint density at radius 2 is 1.55 bits per heavy atom. The molecule has 3 nitrogen and oxygen atoms in total. The average molecular weight is 416 g/mol. The molecule has 115 valence electrons. The summed E-state index contributed by atoms with van der Waals surface area (Å²) >= 11 is 5.33. The van der Waals surface area contributed by atoms with Crippen LogP contribution in [-0.4, -0.2) is 4.93 Å². The molecule has 1 rings (SSSR count). The molecule has 1 aromatic rings. The minimum atomic E-state index is -3.72. The first-order valence-electron chi connectivity index (χ1n) is 6.53. The quantitative estimate of drug-likeness (QED) is 0.433. The fourth-order valence-corrected chi connectivity index (χ4v) is 10.7. The van der Waals surface area contributed by atoms with Gasteiger partial charge in [-0.25, -0.2) is 0 Å². The van der Waals surface area contributed by atoms with Crippen molar-refractivity contribution in [2.45, 2.75) is 36.3 Å². The van der Waals surface area contributed by atoms with Gasteiger partial charge in [-0.05, 0) is 0 Å². The van der Waals surface area contributed by atoms with Crippen LogP contribution in [-0.2, 0) is 40.1 Å².